The van der Waals surface area contributed by atoms with Gasteiger partial charge < -0.3 is 9.47 Å². The Kier molecular flexibility index (Phi) is 6.36. The van der Waals surface area contributed by atoms with Crippen molar-refractivity contribution in [3.8, 4) is 0 Å². The van der Waals surface area contributed by atoms with Crippen LogP contribution in [0.25, 0.3) is 0 Å². The van der Waals surface area contributed by atoms with Gasteiger partial charge in [0.1, 0.15) is 0 Å². The van der Waals surface area contributed by atoms with E-state index < -0.39 is 18.0 Å². The van der Waals surface area contributed by atoms with Gasteiger partial charge in [0.25, 0.3) is 0 Å². The lowest BCUT2D eigenvalue weighted by molar-refractivity contribution is -0.168. The van der Waals surface area contributed by atoms with Gasteiger partial charge in [-0.3, -0.25) is 4.79 Å². The lowest BCUT2D eigenvalue weighted by Crippen LogP contribution is -2.23. The number of carbonyl (C=O) groups excluding carboxylic acids is 2. The van der Waals surface area contributed by atoms with Crippen LogP contribution >= 0.6 is 0 Å². The Morgan fingerprint density at radius 1 is 0.957 bits per heavy atom. The molecule has 0 heterocycles. The molecule has 23 heavy (non-hydrogen) atoms. The highest BCUT2D eigenvalue weighted by Gasteiger charge is 2.26. The van der Waals surface area contributed by atoms with E-state index in [1.165, 1.54) is 0 Å². The third kappa shape index (κ3) is 5.25. The molecule has 4 nitrogen and oxygen atoms in total. The van der Waals surface area contributed by atoms with Gasteiger partial charge in [0.2, 0.25) is 6.10 Å². The molecule has 1 atom stereocenters. The number of ether oxygens (including phenoxy) is 2. The van der Waals surface area contributed by atoms with Crippen LogP contribution in [-0.4, -0.2) is 18.5 Å². The van der Waals surface area contributed by atoms with Crippen LogP contribution < -0.4 is 0 Å². The maximum Gasteiger partial charge on any atom is 0.352 e. The van der Waals surface area contributed by atoms with E-state index in [0.717, 1.165) is 5.56 Å². The first kappa shape index (κ1) is 16.7. The summed E-state index contributed by atoms with van der Waals surface area (Å²) in [5.74, 6) is -1.00. The van der Waals surface area contributed by atoms with Crippen molar-refractivity contribution in [3.05, 3.63) is 71.8 Å². The number of esters is 2. The van der Waals surface area contributed by atoms with E-state index in [9.17, 15) is 9.59 Å². The highest BCUT2D eigenvalue weighted by atomic mass is 16.6. The highest BCUT2D eigenvalue weighted by Crippen LogP contribution is 2.20. The molecule has 0 amide bonds. The molecular weight excluding hydrogens is 292 g/mol. The van der Waals surface area contributed by atoms with Crippen LogP contribution in [0.4, 0.5) is 0 Å². The van der Waals surface area contributed by atoms with Gasteiger partial charge in [-0.1, -0.05) is 67.6 Å². The van der Waals surface area contributed by atoms with Gasteiger partial charge in [-0.05, 0) is 12.0 Å². The van der Waals surface area contributed by atoms with E-state index in [1.807, 2.05) is 43.3 Å². The Morgan fingerprint density at radius 2 is 1.57 bits per heavy atom. The van der Waals surface area contributed by atoms with Crippen LogP contribution in [0, 0.1) is 0 Å². The van der Waals surface area contributed by atoms with Gasteiger partial charge in [0.05, 0.1) is 13.0 Å². The second-order valence-corrected chi connectivity index (χ2v) is 5.11. The number of rotatable bonds is 7. The first-order valence-corrected chi connectivity index (χ1v) is 7.65. The van der Waals surface area contributed by atoms with Gasteiger partial charge in [-0.15, -0.1) is 0 Å². The van der Waals surface area contributed by atoms with E-state index in [4.69, 9.17) is 9.47 Å². The molecule has 2 rings (SSSR count). The summed E-state index contributed by atoms with van der Waals surface area (Å²) in [6, 6.07) is 18.2. The zero-order chi connectivity index (χ0) is 16.5. The van der Waals surface area contributed by atoms with E-state index in [0.29, 0.717) is 18.6 Å². The second kappa shape index (κ2) is 8.73. The molecule has 0 saturated heterocycles. The molecule has 0 radical (unpaired) electrons. The summed E-state index contributed by atoms with van der Waals surface area (Å²) in [5, 5.41) is 0. The topological polar surface area (TPSA) is 52.6 Å². The van der Waals surface area contributed by atoms with Crippen molar-refractivity contribution in [3.63, 3.8) is 0 Å². The molecule has 0 saturated carbocycles. The SMILES string of the molecule is CCCOC(=O)C(OC(=O)Cc1ccccc1)c1ccccc1. The van der Waals surface area contributed by atoms with Crippen LogP contribution in [0.3, 0.4) is 0 Å². The minimum Gasteiger partial charge on any atom is -0.463 e. The predicted octanol–water partition coefficient (Wildman–Crippen LogP) is 3.47. The van der Waals surface area contributed by atoms with Crippen LogP contribution in [0.5, 0.6) is 0 Å². The largest absolute Gasteiger partial charge is 0.463 e. The smallest absolute Gasteiger partial charge is 0.352 e. The van der Waals surface area contributed by atoms with Crippen LogP contribution in [0.1, 0.15) is 30.6 Å². The minimum atomic E-state index is -1.03. The quantitative estimate of drug-likeness (QED) is 0.735. The molecule has 0 aliphatic carbocycles. The zero-order valence-corrected chi connectivity index (χ0v) is 13.1. The normalized spacial score (nSPS) is 11.5. The van der Waals surface area contributed by atoms with Crippen LogP contribution in [0.15, 0.2) is 60.7 Å². The second-order valence-electron chi connectivity index (χ2n) is 5.11. The van der Waals surface area contributed by atoms with Gasteiger partial charge in [0, 0.05) is 5.56 Å². The first-order valence-electron chi connectivity index (χ1n) is 7.65. The monoisotopic (exact) mass is 312 g/mol. The summed E-state index contributed by atoms with van der Waals surface area (Å²) in [6.45, 7) is 2.21. The maximum atomic E-state index is 12.2. The summed E-state index contributed by atoms with van der Waals surface area (Å²) < 4.78 is 10.5. The fourth-order valence-electron chi connectivity index (χ4n) is 2.09. The van der Waals surface area contributed by atoms with Crippen molar-refractivity contribution in [1.29, 1.82) is 0 Å². The highest BCUT2D eigenvalue weighted by molar-refractivity contribution is 5.81. The summed E-state index contributed by atoms with van der Waals surface area (Å²) in [4.78, 5) is 24.3. The molecule has 0 spiro atoms. The average Bonchev–Trinajstić information content (AvgIpc) is 2.59. The van der Waals surface area contributed by atoms with Crippen molar-refractivity contribution >= 4 is 11.9 Å². The molecule has 2 aromatic carbocycles. The van der Waals surface area contributed by atoms with Crippen molar-refractivity contribution in [1.82, 2.24) is 0 Å². The van der Waals surface area contributed by atoms with E-state index in [-0.39, 0.29) is 6.42 Å². The van der Waals surface area contributed by atoms with Crippen molar-refractivity contribution in [2.24, 2.45) is 0 Å². The van der Waals surface area contributed by atoms with Crippen LogP contribution in [0.2, 0.25) is 0 Å². The summed E-state index contributed by atoms with van der Waals surface area (Å²) in [7, 11) is 0. The lowest BCUT2D eigenvalue weighted by Gasteiger charge is -2.17. The van der Waals surface area contributed by atoms with Gasteiger partial charge >= 0.3 is 11.9 Å². The van der Waals surface area contributed by atoms with E-state index in [1.54, 1.807) is 24.3 Å². The molecule has 1 unspecified atom stereocenters. The summed E-state index contributed by atoms with van der Waals surface area (Å²) in [6.07, 6.45) is -0.199. The molecule has 4 heteroatoms. The third-order valence-corrected chi connectivity index (χ3v) is 3.21. The number of carbonyl (C=O) groups is 2. The molecule has 0 aliphatic heterocycles. The average molecular weight is 312 g/mol. The first-order chi connectivity index (χ1) is 11.2. The molecule has 0 bridgehead atoms. The van der Waals surface area contributed by atoms with Crippen molar-refractivity contribution in [2.75, 3.05) is 6.61 Å². The van der Waals surface area contributed by atoms with Gasteiger partial charge in [-0.2, -0.15) is 0 Å². The van der Waals surface area contributed by atoms with Gasteiger partial charge in [0.15, 0.2) is 0 Å². The predicted molar refractivity (Wildman–Crippen MR) is 86.7 cm³/mol. The number of benzene rings is 2. The summed E-state index contributed by atoms with van der Waals surface area (Å²) >= 11 is 0. The zero-order valence-electron chi connectivity index (χ0n) is 13.1. The summed E-state index contributed by atoms with van der Waals surface area (Å²) in [5.41, 5.74) is 1.45. The Balaban J connectivity index is 2.08. The van der Waals surface area contributed by atoms with Gasteiger partial charge in [-0.25, -0.2) is 4.79 Å². The third-order valence-electron chi connectivity index (χ3n) is 3.21. The van der Waals surface area contributed by atoms with Crippen LogP contribution in [-0.2, 0) is 25.5 Å². The fourth-order valence-corrected chi connectivity index (χ4v) is 2.09. The molecule has 0 aliphatic rings. The Labute approximate surface area is 136 Å². The molecule has 0 N–H and O–H groups in total. The van der Waals surface area contributed by atoms with E-state index in [2.05, 4.69) is 0 Å². The molecular formula is C19H20O4. The number of hydrogen-bond donors (Lipinski definition) is 0. The molecule has 2 aromatic rings. The number of hydrogen-bond acceptors (Lipinski definition) is 4. The standard InChI is InChI=1S/C19H20O4/c1-2-13-22-19(21)18(16-11-7-4-8-12-16)23-17(20)14-15-9-5-3-6-10-15/h3-12,18H,2,13-14H2,1H3. The Morgan fingerprint density at radius 3 is 2.17 bits per heavy atom. The molecule has 0 aromatic heterocycles. The molecule has 0 fully saturated rings. The van der Waals surface area contributed by atoms with E-state index >= 15 is 0 Å². The Hall–Kier alpha value is -2.62. The Bertz CT molecular complexity index is 622. The van der Waals surface area contributed by atoms with Crippen molar-refractivity contribution < 1.29 is 19.1 Å². The minimum absolute atomic E-state index is 0.116. The lowest BCUT2D eigenvalue weighted by atomic mass is 10.1. The molecule has 120 valence electrons. The van der Waals surface area contributed by atoms with Crippen molar-refractivity contribution in [2.45, 2.75) is 25.9 Å². The fraction of sp³-hybridized carbons (Fsp3) is 0.263. The maximum absolute atomic E-state index is 12.2.